The quantitative estimate of drug-likeness (QED) is 0.0261. The van der Waals surface area contributed by atoms with Gasteiger partial charge in [-0.25, -0.2) is 0 Å². The van der Waals surface area contributed by atoms with Crippen molar-refractivity contribution in [3.05, 3.63) is 158 Å². The highest BCUT2D eigenvalue weighted by atomic mass is 16.6. The first-order valence-electron chi connectivity index (χ1n) is 31.0. The molecule has 0 fully saturated rings. The van der Waals surface area contributed by atoms with E-state index in [9.17, 15) is 14.4 Å². The van der Waals surface area contributed by atoms with Gasteiger partial charge in [0.15, 0.2) is 6.10 Å². The van der Waals surface area contributed by atoms with Gasteiger partial charge in [0.05, 0.1) is 0 Å². The van der Waals surface area contributed by atoms with E-state index in [0.717, 1.165) is 122 Å². The van der Waals surface area contributed by atoms with Gasteiger partial charge in [-0.3, -0.25) is 14.4 Å². The summed E-state index contributed by atoms with van der Waals surface area (Å²) in [4.78, 5) is 38.3. The van der Waals surface area contributed by atoms with Gasteiger partial charge in [0, 0.05) is 19.3 Å². The van der Waals surface area contributed by atoms with Crippen molar-refractivity contribution in [2.24, 2.45) is 0 Å². The Kier molecular flexibility index (Phi) is 59.5. The molecule has 1 unspecified atom stereocenters. The molecule has 0 aromatic rings. The number of carbonyl (C=O) groups is 3. The number of hydrogen-bond acceptors (Lipinski definition) is 6. The van der Waals surface area contributed by atoms with Crippen LogP contribution in [0.2, 0.25) is 0 Å². The number of carbonyl (C=O) groups excluding carboxylic acids is 3. The summed E-state index contributed by atoms with van der Waals surface area (Å²) in [7, 11) is 0. The Balaban J connectivity index is 4.59. The second-order valence-electron chi connectivity index (χ2n) is 19.8. The molecule has 0 rings (SSSR count). The second-order valence-corrected chi connectivity index (χ2v) is 19.8. The number of rotatable bonds is 54. The maximum Gasteiger partial charge on any atom is 0.306 e. The minimum atomic E-state index is -0.831. The van der Waals surface area contributed by atoms with Crippen LogP contribution in [0.4, 0.5) is 0 Å². The van der Waals surface area contributed by atoms with Crippen LogP contribution < -0.4 is 0 Å². The molecule has 0 radical (unpaired) electrons. The summed E-state index contributed by atoms with van der Waals surface area (Å²) < 4.78 is 16.8. The number of allylic oxidation sites excluding steroid dienone is 26. The zero-order valence-electron chi connectivity index (χ0n) is 49.4. The lowest BCUT2D eigenvalue weighted by atomic mass is 10.1. The van der Waals surface area contributed by atoms with Crippen molar-refractivity contribution in [3.63, 3.8) is 0 Å². The molecular formula is C71H112O6. The topological polar surface area (TPSA) is 78.9 Å². The van der Waals surface area contributed by atoms with E-state index in [4.69, 9.17) is 14.2 Å². The van der Waals surface area contributed by atoms with Crippen LogP contribution in [-0.2, 0) is 28.6 Å². The van der Waals surface area contributed by atoms with Gasteiger partial charge in [-0.15, -0.1) is 0 Å². The largest absolute Gasteiger partial charge is 0.462 e. The lowest BCUT2D eigenvalue weighted by Crippen LogP contribution is -2.30. The molecule has 0 spiro atoms. The average molecular weight is 1060 g/mol. The smallest absolute Gasteiger partial charge is 0.306 e. The first kappa shape index (κ1) is 72.0. The highest BCUT2D eigenvalue weighted by molar-refractivity contribution is 5.71. The van der Waals surface area contributed by atoms with Crippen LogP contribution in [0.3, 0.4) is 0 Å². The van der Waals surface area contributed by atoms with E-state index >= 15 is 0 Å². The minimum Gasteiger partial charge on any atom is -0.462 e. The van der Waals surface area contributed by atoms with Gasteiger partial charge in [-0.2, -0.15) is 0 Å². The Morgan fingerprint density at radius 2 is 0.506 bits per heavy atom. The fourth-order valence-corrected chi connectivity index (χ4v) is 7.91. The summed E-state index contributed by atoms with van der Waals surface area (Å²) >= 11 is 0. The number of ether oxygens (including phenoxy) is 3. The highest BCUT2D eigenvalue weighted by Gasteiger charge is 2.19. The standard InChI is InChI=1S/C71H112O6/c1-4-7-10-13-16-19-22-25-28-31-33-35-37-40-43-46-49-52-55-58-61-64-70(73)76-67-68(66-75-69(72)63-60-57-54-51-48-45-42-39-30-27-24-21-18-15-12-9-6-3)77-71(74)65-62-59-56-53-50-47-44-41-38-36-34-32-29-26-23-20-17-14-11-8-5-2/h7-8,10-11,16-17,19-20,25-30,33-36,40-41,43-44,49-50,52-53,68H,4-6,9,12-15,18,21-24,31-32,37-39,42,45-48,51,54-67H2,1-3H3/b10-7-,11-8-,19-16-,20-17-,28-25-,29-26-,30-27-,35-33-,36-34-,43-40-,44-41-,52-49-,53-50-. The van der Waals surface area contributed by atoms with E-state index in [1.807, 2.05) is 0 Å². The van der Waals surface area contributed by atoms with Gasteiger partial charge >= 0.3 is 17.9 Å². The first-order valence-corrected chi connectivity index (χ1v) is 31.0. The number of unbranched alkanes of at least 4 members (excludes halogenated alkanes) is 17. The summed E-state index contributed by atoms with van der Waals surface area (Å²) in [5, 5.41) is 0. The lowest BCUT2D eigenvalue weighted by molar-refractivity contribution is -0.167. The molecule has 6 nitrogen and oxygen atoms in total. The maximum atomic E-state index is 12.9. The average Bonchev–Trinajstić information content (AvgIpc) is 3.43. The van der Waals surface area contributed by atoms with Gasteiger partial charge in [-0.05, 0) is 148 Å². The monoisotopic (exact) mass is 1060 g/mol. The van der Waals surface area contributed by atoms with E-state index < -0.39 is 6.10 Å². The van der Waals surface area contributed by atoms with E-state index in [1.54, 1.807) is 0 Å². The molecule has 0 aromatic heterocycles. The Hall–Kier alpha value is -4.97. The third-order valence-corrected chi connectivity index (χ3v) is 12.5. The summed E-state index contributed by atoms with van der Waals surface area (Å²) in [6, 6.07) is 0. The molecule has 0 N–H and O–H groups in total. The van der Waals surface area contributed by atoms with Crippen LogP contribution in [-0.4, -0.2) is 37.2 Å². The second kappa shape index (κ2) is 63.6. The Morgan fingerprint density at radius 1 is 0.273 bits per heavy atom. The van der Waals surface area contributed by atoms with Crippen molar-refractivity contribution in [2.75, 3.05) is 13.2 Å². The molecule has 0 heterocycles. The van der Waals surface area contributed by atoms with Crippen molar-refractivity contribution >= 4 is 17.9 Å². The molecule has 77 heavy (non-hydrogen) atoms. The predicted octanol–water partition coefficient (Wildman–Crippen LogP) is 21.3. The van der Waals surface area contributed by atoms with Crippen molar-refractivity contribution in [1.82, 2.24) is 0 Å². The highest BCUT2D eigenvalue weighted by Crippen LogP contribution is 2.13. The third kappa shape index (κ3) is 61.8. The molecule has 0 amide bonds. The van der Waals surface area contributed by atoms with Crippen LogP contribution in [0, 0.1) is 0 Å². The Morgan fingerprint density at radius 3 is 0.831 bits per heavy atom. The maximum absolute atomic E-state index is 12.9. The van der Waals surface area contributed by atoms with E-state index in [-0.39, 0.29) is 44.0 Å². The molecule has 0 saturated carbocycles. The molecule has 0 aliphatic carbocycles. The van der Waals surface area contributed by atoms with Crippen molar-refractivity contribution in [2.45, 2.75) is 258 Å². The third-order valence-electron chi connectivity index (χ3n) is 12.5. The van der Waals surface area contributed by atoms with Crippen molar-refractivity contribution in [3.8, 4) is 0 Å². The van der Waals surface area contributed by atoms with Crippen LogP contribution >= 0.6 is 0 Å². The van der Waals surface area contributed by atoms with Gasteiger partial charge in [0.1, 0.15) is 13.2 Å². The van der Waals surface area contributed by atoms with Gasteiger partial charge < -0.3 is 14.2 Å². The Bertz CT molecular complexity index is 1740. The number of hydrogen-bond donors (Lipinski definition) is 0. The number of esters is 3. The summed E-state index contributed by atoms with van der Waals surface area (Å²) in [5.74, 6) is -1.02. The molecule has 0 aliphatic heterocycles. The summed E-state index contributed by atoms with van der Waals surface area (Å²) in [6.07, 6.45) is 92.4. The molecule has 432 valence electrons. The van der Waals surface area contributed by atoms with E-state index in [2.05, 4.69) is 179 Å². The van der Waals surface area contributed by atoms with Gasteiger partial charge in [-0.1, -0.05) is 243 Å². The van der Waals surface area contributed by atoms with Crippen LogP contribution in [0.1, 0.15) is 252 Å². The minimum absolute atomic E-state index is 0.119. The molecule has 0 aliphatic rings. The normalized spacial score (nSPS) is 13.2. The predicted molar refractivity (Wildman–Crippen MR) is 334 cm³/mol. The van der Waals surface area contributed by atoms with E-state index in [0.29, 0.717) is 19.3 Å². The van der Waals surface area contributed by atoms with Crippen molar-refractivity contribution < 1.29 is 28.6 Å². The molecular weight excluding hydrogens is 949 g/mol. The fraction of sp³-hybridized carbons (Fsp3) is 0.592. The van der Waals surface area contributed by atoms with Gasteiger partial charge in [0.2, 0.25) is 0 Å². The van der Waals surface area contributed by atoms with Crippen LogP contribution in [0.15, 0.2) is 158 Å². The lowest BCUT2D eigenvalue weighted by Gasteiger charge is -2.18. The summed E-state index contributed by atoms with van der Waals surface area (Å²) in [5.41, 5.74) is 0. The van der Waals surface area contributed by atoms with Crippen LogP contribution in [0.5, 0.6) is 0 Å². The van der Waals surface area contributed by atoms with Crippen LogP contribution in [0.25, 0.3) is 0 Å². The zero-order chi connectivity index (χ0) is 55.7. The fourth-order valence-electron chi connectivity index (χ4n) is 7.91. The van der Waals surface area contributed by atoms with Gasteiger partial charge in [0.25, 0.3) is 0 Å². The van der Waals surface area contributed by atoms with Crippen molar-refractivity contribution in [1.29, 1.82) is 0 Å². The molecule has 0 bridgehead atoms. The zero-order valence-corrected chi connectivity index (χ0v) is 49.4. The Labute approximate surface area is 473 Å². The first-order chi connectivity index (χ1) is 38.0. The molecule has 1 atom stereocenters. The SMILES string of the molecule is CC/C=C\C/C=C\C/C=C\C/C=C\C/C=C\C/C=C\CCCCC(=O)OCC(COC(=O)CCCCCCCCC/C=C\CCCCCCCC)OC(=O)CCCC/C=C\C/C=C\C/C=C\C/C=C\C/C=C\C/C=C\CC. The molecule has 0 aromatic carbocycles. The molecule has 0 saturated heterocycles. The van der Waals surface area contributed by atoms with E-state index in [1.165, 1.54) is 77.0 Å². The summed E-state index contributed by atoms with van der Waals surface area (Å²) in [6.45, 7) is 6.33. The molecule has 6 heteroatoms.